The Labute approximate surface area is 74.9 Å². The van der Waals surface area contributed by atoms with Gasteiger partial charge in [0.1, 0.15) is 6.29 Å². The topological polar surface area (TPSA) is 20.3 Å². The number of aldehydes is 1. The molecule has 1 atom stereocenters. The Hall–Kier alpha value is -0.370. The van der Waals surface area contributed by atoms with Crippen LogP contribution in [-0.2, 0) is 4.79 Å². The van der Waals surface area contributed by atoms with E-state index in [1.165, 1.54) is 32.4 Å². The molecule has 1 heterocycles. The van der Waals surface area contributed by atoms with Crippen molar-refractivity contribution in [3.63, 3.8) is 0 Å². The van der Waals surface area contributed by atoms with E-state index in [1.54, 1.807) is 0 Å². The smallest absolute Gasteiger partial charge is 0.120 e. The van der Waals surface area contributed by atoms with Gasteiger partial charge in [0.25, 0.3) is 0 Å². The summed E-state index contributed by atoms with van der Waals surface area (Å²) in [6, 6.07) is 0. The third-order valence-corrected chi connectivity index (χ3v) is 2.66. The second kappa shape index (κ2) is 5.31. The zero-order valence-corrected chi connectivity index (χ0v) is 7.96. The van der Waals surface area contributed by atoms with Crippen LogP contribution in [0.25, 0.3) is 0 Å². The number of hydrogen-bond donors (Lipinski definition) is 0. The highest BCUT2D eigenvalue weighted by molar-refractivity contribution is 5.49. The standard InChI is InChI=1S/C10H19NO/c1-11-7-3-2-5-10(9-11)6-4-8-12/h8,10H,2-7,9H2,1H3. The maximum atomic E-state index is 10.2. The summed E-state index contributed by atoms with van der Waals surface area (Å²) in [7, 11) is 2.18. The lowest BCUT2D eigenvalue weighted by molar-refractivity contribution is -0.108. The lowest BCUT2D eigenvalue weighted by atomic mass is 9.98. The first-order chi connectivity index (χ1) is 5.83. The minimum Gasteiger partial charge on any atom is -0.306 e. The molecule has 0 aromatic carbocycles. The Kier molecular flexibility index (Phi) is 4.30. The van der Waals surface area contributed by atoms with Crippen LogP contribution in [0, 0.1) is 5.92 Å². The zero-order chi connectivity index (χ0) is 8.81. The molecule has 0 bridgehead atoms. The fourth-order valence-corrected chi connectivity index (χ4v) is 1.98. The quantitative estimate of drug-likeness (QED) is 0.599. The van der Waals surface area contributed by atoms with E-state index in [0.717, 1.165) is 25.0 Å². The highest BCUT2D eigenvalue weighted by atomic mass is 16.1. The van der Waals surface area contributed by atoms with E-state index < -0.39 is 0 Å². The van der Waals surface area contributed by atoms with E-state index in [4.69, 9.17) is 0 Å². The predicted octanol–water partition coefficient (Wildman–Crippen LogP) is 1.70. The molecule has 1 unspecified atom stereocenters. The lowest BCUT2D eigenvalue weighted by Gasteiger charge is -2.18. The summed E-state index contributed by atoms with van der Waals surface area (Å²) >= 11 is 0. The summed E-state index contributed by atoms with van der Waals surface area (Å²) in [5, 5.41) is 0. The normalized spacial score (nSPS) is 26.6. The van der Waals surface area contributed by atoms with Crippen LogP contribution in [0.5, 0.6) is 0 Å². The van der Waals surface area contributed by atoms with Crippen molar-refractivity contribution in [2.45, 2.75) is 32.1 Å². The maximum absolute atomic E-state index is 10.2. The molecule has 0 spiro atoms. The van der Waals surface area contributed by atoms with Crippen molar-refractivity contribution in [2.24, 2.45) is 5.92 Å². The summed E-state index contributed by atoms with van der Waals surface area (Å²) in [6.07, 6.45) is 6.87. The molecule has 12 heavy (non-hydrogen) atoms. The minimum atomic E-state index is 0.749. The Morgan fingerprint density at radius 3 is 3.08 bits per heavy atom. The fourth-order valence-electron chi connectivity index (χ4n) is 1.98. The van der Waals surface area contributed by atoms with Gasteiger partial charge in [0.15, 0.2) is 0 Å². The highest BCUT2D eigenvalue weighted by Crippen LogP contribution is 2.19. The highest BCUT2D eigenvalue weighted by Gasteiger charge is 2.14. The van der Waals surface area contributed by atoms with Crippen LogP contribution in [-0.4, -0.2) is 31.3 Å². The van der Waals surface area contributed by atoms with Crippen molar-refractivity contribution in [3.05, 3.63) is 0 Å². The van der Waals surface area contributed by atoms with E-state index in [1.807, 2.05) is 0 Å². The second-order valence-electron chi connectivity index (χ2n) is 3.87. The van der Waals surface area contributed by atoms with Gasteiger partial charge >= 0.3 is 0 Å². The lowest BCUT2D eigenvalue weighted by Crippen LogP contribution is -2.23. The average Bonchev–Trinajstić information content (AvgIpc) is 2.26. The summed E-state index contributed by atoms with van der Waals surface area (Å²) < 4.78 is 0. The first-order valence-electron chi connectivity index (χ1n) is 4.95. The summed E-state index contributed by atoms with van der Waals surface area (Å²) in [4.78, 5) is 12.6. The van der Waals surface area contributed by atoms with Gasteiger partial charge in [-0.15, -0.1) is 0 Å². The maximum Gasteiger partial charge on any atom is 0.120 e. The van der Waals surface area contributed by atoms with Gasteiger partial charge in [0.05, 0.1) is 0 Å². The first kappa shape index (κ1) is 9.72. The van der Waals surface area contributed by atoms with Gasteiger partial charge in [-0.3, -0.25) is 0 Å². The first-order valence-corrected chi connectivity index (χ1v) is 4.95. The molecule has 2 heteroatoms. The Bertz CT molecular complexity index is 136. The molecule has 2 nitrogen and oxygen atoms in total. The monoisotopic (exact) mass is 169 g/mol. The van der Waals surface area contributed by atoms with Gasteiger partial charge in [-0.1, -0.05) is 6.42 Å². The number of rotatable bonds is 3. The van der Waals surface area contributed by atoms with Crippen LogP contribution < -0.4 is 0 Å². The van der Waals surface area contributed by atoms with E-state index in [9.17, 15) is 4.79 Å². The molecule has 0 aromatic rings. The largest absolute Gasteiger partial charge is 0.306 e. The van der Waals surface area contributed by atoms with Gasteiger partial charge in [-0.05, 0) is 38.8 Å². The third-order valence-electron chi connectivity index (χ3n) is 2.66. The molecule has 1 aliphatic rings. The molecule has 1 saturated heterocycles. The number of hydrogen-bond acceptors (Lipinski definition) is 2. The molecule has 1 fully saturated rings. The SMILES string of the molecule is CN1CCCCC(CCC=O)C1. The molecular weight excluding hydrogens is 150 g/mol. The van der Waals surface area contributed by atoms with E-state index >= 15 is 0 Å². The second-order valence-corrected chi connectivity index (χ2v) is 3.87. The number of carbonyl (C=O) groups excluding carboxylic acids is 1. The van der Waals surface area contributed by atoms with Crippen molar-refractivity contribution in [1.29, 1.82) is 0 Å². The molecule has 0 N–H and O–H groups in total. The van der Waals surface area contributed by atoms with Gasteiger partial charge in [-0.25, -0.2) is 0 Å². The van der Waals surface area contributed by atoms with Crippen LogP contribution in [0.4, 0.5) is 0 Å². The molecule has 0 saturated carbocycles. The fraction of sp³-hybridized carbons (Fsp3) is 0.900. The predicted molar refractivity (Wildman–Crippen MR) is 50.1 cm³/mol. The van der Waals surface area contributed by atoms with Crippen LogP contribution in [0.2, 0.25) is 0 Å². The Morgan fingerprint density at radius 2 is 2.33 bits per heavy atom. The summed E-state index contributed by atoms with van der Waals surface area (Å²) in [6.45, 7) is 2.42. The Morgan fingerprint density at radius 1 is 1.50 bits per heavy atom. The average molecular weight is 169 g/mol. The molecule has 1 aliphatic heterocycles. The van der Waals surface area contributed by atoms with Gasteiger partial charge in [0, 0.05) is 13.0 Å². The van der Waals surface area contributed by atoms with Gasteiger partial charge in [0.2, 0.25) is 0 Å². The molecule has 1 rings (SSSR count). The van der Waals surface area contributed by atoms with Gasteiger partial charge in [-0.2, -0.15) is 0 Å². The van der Waals surface area contributed by atoms with Crippen LogP contribution in [0.15, 0.2) is 0 Å². The van der Waals surface area contributed by atoms with E-state index in [0.29, 0.717) is 0 Å². The van der Waals surface area contributed by atoms with Crippen molar-refractivity contribution in [1.82, 2.24) is 4.90 Å². The van der Waals surface area contributed by atoms with E-state index in [-0.39, 0.29) is 0 Å². The molecular formula is C10H19NO. The van der Waals surface area contributed by atoms with E-state index in [2.05, 4.69) is 11.9 Å². The summed E-state index contributed by atoms with van der Waals surface area (Å²) in [5.41, 5.74) is 0. The van der Waals surface area contributed by atoms with Crippen molar-refractivity contribution >= 4 is 6.29 Å². The molecule has 0 radical (unpaired) electrons. The molecule has 0 amide bonds. The van der Waals surface area contributed by atoms with Crippen LogP contribution in [0.3, 0.4) is 0 Å². The van der Waals surface area contributed by atoms with Crippen LogP contribution >= 0.6 is 0 Å². The minimum absolute atomic E-state index is 0.749. The van der Waals surface area contributed by atoms with Crippen molar-refractivity contribution < 1.29 is 4.79 Å². The zero-order valence-electron chi connectivity index (χ0n) is 7.96. The van der Waals surface area contributed by atoms with Crippen molar-refractivity contribution in [3.8, 4) is 0 Å². The molecule has 0 aromatic heterocycles. The molecule has 0 aliphatic carbocycles. The van der Waals surface area contributed by atoms with Gasteiger partial charge < -0.3 is 9.69 Å². The third kappa shape index (κ3) is 3.35. The van der Waals surface area contributed by atoms with Crippen molar-refractivity contribution in [2.75, 3.05) is 20.1 Å². The number of likely N-dealkylation sites (tertiary alicyclic amines) is 1. The van der Waals surface area contributed by atoms with Crippen LogP contribution in [0.1, 0.15) is 32.1 Å². The number of nitrogens with zero attached hydrogens (tertiary/aromatic N) is 1. The number of carbonyl (C=O) groups is 1. The Balaban J connectivity index is 2.25. The molecule has 70 valence electrons. The summed E-state index contributed by atoms with van der Waals surface area (Å²) in [5.74, 6) is 0.766.